The van der Waals surface area contributed by atoms with Crippen LogP contribution in [0, 0.1) is 11.6 Å². The highest BCUT2D eigenvalue weighted by atomic mass is 32.1. The smallest absolute Gasteiger partial charge is 0.249 e. The van der Waals surface area contributed by atoms with E-state index in [9.17, 15) is 13.6 Å². The summed E-state index contributed by atoms with van der Waals surface area (Å²) in [5.74, 6) is -0.832. The van der Waals surface area contributed by atoms with E-state index in [1.807, 2.05) is 0 Å². The molecule has 8 heteroatoms. The number of benzene rings is 2. The van der Waals surface area contributed by atoms with Gasteiger partial charge in [0.2, 0.25) is 5.91 Å². The molecule has 31 heavy (non-hydrogen) atoms. The van der Waals surface area contributed by atoms with Crippen LogP contribution in [0.4, 0.5) is 13.8 Å². The van der Waals surface area contributed by atoms with E-state index in [2.05, 4.69) is 15.3 Å². The number of carbonyl (C=O) groups excluding carboxylic acids is 1. The number of ether oxygens (including phenoxy) is 1. The van der Waals surface area contributed by atoms with Crippen LogP contribution in [0.3, 0.4) is 0 Å². The van der Waals surface area contributed by atoms with Crippen molar-refractivity contribution in [1.82, 2.24) is 9.97 Å². The Bertz CT molecular complexity index is 1230. The van der Waals surface area contributed by atoms with Crippen LogP contribution >= 0.6 is 11.3 Å². The van der Waals surface area contributed by atoms with Gasteiger partial charge in [0.05, 0.1) is 11.7 Å². The van der Waals surface area contributed by atoms with Crippen molar-refractivity contribution >= 4 is 28.3 Å². The van der Waals surface area contributed by atoms with E-state index in [1.54, 1.807) is 42.0 Å². The van der Waals surface area contributed by atoms with E-state index in [0.29, 0.717) is 27.6 Å². The zero-order valence-electron chi connectivity index (χ0n) is 16.0. The molecule has 2 heterocycles. The maximum absolute atomic E-state index is 14.3. The molecule has 2 aromatic carbocycles. The normalized spacial score (nSPS) is 10.9. The summed E-state index contributed by atoms with van der Waals surface area (Å²) in [6.07, 6.45) is 5.86. The summed E-state index contributed by atoms with van der Waals surface area (Å²) in [6, 6.07) is 13.6. The summed E-state index contributed by atoms with van der Waals surface area (Å²) < 4.78 is 32.9. The van der Waals surface area contributed by atoms with Gasteiger partial charge >= 0.3 is 0 Å². The van der Waals surface area contributed by atoms with Crippen molar-refractivity contribution in [2.45, 2.75) is 0 Å². The third-order valence-corrected chi connectivity index (χ3v) is 4.91. The zero-order valence-corrected chi connectivity index (χ0v) is 16.8. The van der Waals surface area contributed by atoms with Gasteiger partial charge in [-0.25, -0.2) is 13.8 Å². The minimum absolute atomic E-state index is 0.0585. The summed E-state index contributed by atoms with van der Waals surface area (Å²) in [5.41, 5.74) is 3.33. The number of nitrogens with one attached hydrogen (secondary N) is 1. The molecule has 4 aromatic rings. The van der Waals surface area contributed by atoms with Gasteiger partial charge in [0.1, 0.15) is 22.3 Å². The summed E-state index contributed by atoms with van der Waals surface area (Å²) in [4.78, 5) is 20.5. The van der Waals surface area contributed by atoms with E-state index in [1.165, 1.54) is 54.0 Å². The number of amides is 1. The largest absolute Gasteiger partial charge is 0.453 e. The molecule has 154 valence electrons. The lowest BCUT2D eigenvalue weighted by Crippen LogP contribution is -2.07. The van der Waals surface area contributed by atoms with Gasteiger partial charge in [-0.3, -0.25) is 9.78 Å². The van der Waals surface area contributed by atoms with Gasteiger partial charge in [0.25, 0.3) is 0 Å². The maximum atomic E-state index is 14.3. The molecule has 4 rings (SSSR count). The summed E-state index contributed by atoms with van der Waals surface area (Å²) >= 11 is 1.25. The van der Waals surface area contributed by atoms with Crippen molar-refractivity contribution in [1.29, 1.82) is 0 Å². The minimum Gasteiger partial charge on any atom is -0.453 e. The number of nitrogens with zero attached hydrogens (tertiary/aromatic N) is 2. The monoisotopic (exact) mass is 435 g/mol. The summed E-state index contributed by atoms with van der Waals surface area (Å²) in [5, 5.41) is 3.28. The Kier molecular flexibility index (Phi) is 6.09. The molecule has 0 fully saturated rings. The fraction of sp³-hybridized carbons (Fsp3) is 0. The number of hydrogen-bond acceptors (Lipinski definition) is 5. The molecular weight excluding hydrogens is 420 g/mol. The molecule has 0 saturated carbocycles. The van der Waals surface area contributed by atoms with Crippen LogP contribution in [0.25, 0.3) is 17.3 Å². The molecule has 0 saturated heterocycles. The predicted molar refractivity (Wildman–Crippen MR) is 116 cm³/mol. The summed E-state index contributed by atoms with van der Waals surface area (Å²) in [7, 11) is 0. The molecule has 0 aliphatic rings. The zero-order chi connectivity index (χ0) is 21.6. The van der Waals surface area contributed by atoms with Gasteiger partial charge in [0, 0.05) is 17.8 Å². The summed E-state index contributed by atoms with van der Waals surface area (Å²) in [6.45, 7) is 0. The lowest BCUT2D eigenvalue weighted by molar-refractivity contribution is -0.111. The fourth-order valence-electron chi connectivity index (χ4n) is 2.71. The second-order valence-electron chi connectivity index (χ2n) is 6.34. The number of rotatable bonds is 6. The standard InChI is InChI=1S/C23H15F2N3O2S/c24-17-7-5-16(6-8-17)22-23(31-14-27-22)28-21(29)10-4-15-3-9-20(19(25)12-15)30-18-2-1-11-26-13-18/h1-14H,(H,28,29). The fourth-order valence-corrected chi connectivity index (χ4v) is 3.42. The molecule has 5 nitrogen and oxygen atoms in total. The molecule has 0 radical (unpaired) electrons. The molecule has 1 N–H and O–H groups in total. The highest BCUT2D eigenvalue weighted by Crippen LogP contribution is 2.30. The first-order chi connectivity index (χ1) is 15.1. The van der Waals surface area contributed by atoms with Crippen LogP contribution in [-0.4, -0.2) is 15.9 Å². The van der Waals surface area contributed by atoms with Crippen molar-refractivity contribution < 1.29 is 18.3 Å². The maximum Gasteiger partial charge on any atom is 0.249 e. The SMILES string of the molecule is O=C(C=Cc1ccc(Oc2cccnc2)c(F)c1)Nc1scnc1-c1ccc(F)cc1. The van der Waals surface area contributed by atoms with E-state index >= 15 is 0 Å². The van der Waals surface area contributed by atoms with Gasteiger partial charge in [-0.15, -0.1) is 11.3 Å². The first-order valence-corrected chi connectivity index (χ1v) is 10.0. The molecule has 0 spiro atoms. The van der Waals surface area contributed by atoms with Gasteiger partial charge in [0.15, 0.2) is 11.6 Å². The quantitative estimate of drug-likeness (QED) is 0.382. The van der Waals surface area contributed by atoms with Crippen LogP contribution in [0.2, 0.25) is 0 Å². The van der Waals surface area contributed by atoms with E-state index in [-0.39, 0.29) is 11.6 Å². The Morgan fingerprint density at radius 2 is 1.94 bits per heavy atom. The number of halogens is 2. The average molecular weight is 435 g/mol. The molecule has 2 aromatic heterocycles. The highest BCUT2D eigenvalue weighted by molar-refractivity contribution is 7.14. The number of pyridine rings is 1. The molecule has 0 atom stereocenters. The average Bonchev–Trinajstić information content (AvgIpc) is 3.23. The Morgan fingerprint density at radius 1 is 1.10 bits per heavy atom. The molecule has 0 bridgehead atoms. The molecular formula is C23H15F2N3O2S. The van der Waals surface area contributed by atoms with Crippen molar-refractivity contribution in [2.24, 2.45) is 0 Å². The Balaban J connectivity index is 1.42. The third kappa shape index (κ3) is 5.18. The number of carbonyl (C=O) groups is 1. The van der Waals surface area contributed by atoms with Crippen LogP contribution in [0.1, 0.15) is 5.56 Å². The number of aromatic nitrogens is 2. The molecule has 1 amide bonds. The first-order valence-electron chi connectivity index (χ1n) is 9.14. The third-order valence-electron chi connectivity index (χ3n) is 4.17. The van der Waals surface area contributed by atoms with Crippen LogP contribution in [0.5, 0.6) is 11.5 Å². The topological polar surface area (TPSA) is 64.1 Å². The Morgan fingerprint density at radius 3 is 2.68 bits per heavy atom. The Hall–Kier alpha value is -3.91. The molecule has 0 aliphatic heterocycles. The first kappa shape index (κ1) is 20.4. The second kappa shape index (κ2) is 9.27. The van der Waals surface area contributed by atoms with Gasteiger partial charge in [-0.05, 0) is 60.2 Å². The van der Waals surface area contributed by atoms with Crippen LogP contribution < -0.4 is 10.1 Å². The molecule has 0 aliphatic carbocycles. The second-order valence-corrected chi connectivity index (χ2v) is 7.19. The lowest BCUT2D eigenvalue weighted by Gasteiger charge is -2.06. The predicted octanol–water partition coefficient (Wildman–Crippen LogP) is 5.93. The lowest BCUT2D eigenvalue weighted by atomic mass is 10.1. The van der Waals surface area contributed by atoms with Crippen LogP contribution in [0.15, 0.2) is 78.6 Å². The van der Waals surface area contributed by atoms with Gasteiger partial charge in [-0.1, -0.05) is 6.07 Å². The van der Waals surface area contributed by atoms with Gasteiger partial charge < -0.3 is 10.1 Å². The van der Waals surface area contributed by atoms with Crippen molar-refractivity contribution in [3.8, 4) is 22.8 Å². The molecule has 0 unspecified atom stereocenters. The number of anilines is 1. The van der Waals surface area contributed by atoms with Crippen molar-refractivity contribution in [3.63, 3.8) is 0 Å². The van der Waals surface area contributed by atoms with E-state index < -0.39 is 11.7 Å². The minimum atomic E-state index is -0.563. The number of thiazole rings is 1. The number of hydrogen-bond donors (Lipinski definition) is 1. The van der Waals surface area contributed by atoms with Crippen molar-refractivity contribution in [3.05, 3.63) is 95.8 Å². The highest BCUT2D eigenvalue weighted by Gasteiger charge is 2.11. The van der Waals surface area contributed by atoms with Gasteiger partial charge in [-0.2, -0.15) is 0 Å². The Labute approximate surface area is 180 Å². The van der Waals surface area contributed by atoms with E-state index in [0.717, 1.165) is 0 Å². The van der Waals surface area contributed by atoms with Crippen LogP contribution in [-0.2, 0) is 4.79 Å². The van der Waals surface area contributed by atoms with E-state index in [4.69, 9.17) is 4.74 Å². The van der Waals surface area contributed by atoms with Crippen molar-refractivity contribution in [2.75, 3.05) is 5.32 Å².